The zero-order valence-electron chi connectivity index (χ0n) is 15.2. The van der Waals surface area contributed by atoms with Crippen molar-refractivity contribution in [2.24, 2.45) is 0 Å². The Hall–Kier alpha value is -3.51. The normalized spacial score (nSPS) is 10.3. The van der Waals surface area contributed by atoms with Crippen LogP contribution in [0.4, 0.5) is 0 Å². The summed E-state index contributed by atoms with van der Waals surface area (Å²) in [6.45, 7) is 0. The van der Waals surface area contributed by atoms with Crippen molar-refractivity contribution in [3.63, 3.8) is 0 Å². The number of phenols is 2. The molecule has 0 fully saturated rings. The van der Waals surface area contributed by atoms with Crippen molar-refractivity contribution in [2.45, 2.75) is 0 Å². The van der Waals surface area contributed by atoms with Crippen molar-refractivity contribution in [2.75, 3.05) is 0 Å². The Balaban J connectivity index is 0.00000240. The number of aromatic carboxylic acids is 1. The summed E-state index contributed by atoms with van der Waals surface area (Å²) in [5.41, 5.74) is 1.62. The minimum Gasteiger partial charge on any atom is -0.507 e. The molecule has 0 aliphatic rings. The van der Waals surface area contributed by atoms with Gasteiger partial charge in [-0.1, -0.05) is 24.3 Å². The third kappa shape index (κ3) is 3.88. The largest absolute Gasteiger partial charge is 2.00 e. The van der Waals surface area contributed by atoms with Gasteiger partial charge in [0.1, 0.15) is 11.5 Å². The number of benzene rings is 3. The van der Waals surface area contributed by atoms with Crippen molar-refractivity contribution in [1.29, 1.82) is 0 Å². The molecule has 29 heavy (non-hydrogen) atoms. The number of carboxylic acid groups (broad SMARTS) is 1. The maximum Gasteiger partial charge on any atom is 2.00 e. The van der Waals surface area contributed by atoms with Crippen molar-refractivity contribution in [3.8, 4) is 40.0 Å². The molecule has 0 spiro atoms. The molecule has 0 unspecified atom stereocenters. The summed E-state index contributed by atoms with van der Waals surface area (Å²) in [6, 6.07) is 19.5. The van der Waals surface area contributed by atoms with Gasteiger partial charge in [-0.15, -0.1) is 5.10 Å². The first kappa shape index (κ1) is 20.2. The second-order valence-electron chi connectivity index (χ2n) is 6.06. The fourth-order valence-corrected chi connectivity index (χ4v) is 2.85. The van der Waals surface area contributed by atoms with Crippen LogP contribution in [-0.2, 0) is 19.5 Å². The van der Waals surface area contributed by atoms with Crippen LogP contribution in [0.1, 0.15) is 10.4 Å². The van der Waals surface area contributed by atoms with Crippen LogP contribution in [0.25, 0.3) is 28.5 Å². The third-order valence-electron chi connectivity index (χ3n) is 4.26. The smallest absolute Gasteiger partial charge is 0.507 e. The average molecular weight is 439 g/mol. The van der Waals surface area contributed by atoms with Gasteiger partial charge in [-0.05, 0) is 48.5 Å². The fraction of sp³-hybridized carbons (Fsp3) is 0. The van der Waals surface area contributed by atoms with Gasteiger partial charge in [0.15, 0.2) is 11.6 Å². The maximum atomic E-state index is 11.1. The van der Waals surface area contributed by atoms with Crippen LogP contribution in [0.5, 0.6) is 11.5 Å². The molecular weight excluding hydrogens is 424 g/mol. The Morgan fingerprint density at radius 3 is 1.90 bits per heavy atom. The number of phenolic OH excluding ortho intramolecular Hbond substituents is 2. The number of hydrogen-bond donors (Lipinski definition) is 3. The number of rotatable bonds is 4. The predicted octanol–water partition coefficient (Wildman–Crippen LogP) is 3.71. The second-order valence-corrected chi connectivity index (χ2v) is 6.06. The monoisotopic (exact) mass is 437 g/mol. The number of para-hydroxylation sites is 2. The molecule has 0 bridgehead atoms. The first-order valence-electron chi connectivity index (χ1n) is 8.42. The Bertz CT molecular complexity index is 1170. The molecule has 0 radical (unpaired) electrons. The van der Waals surface area contributed by atoms with E-state index in [1.165, 1.54) is 22.9 Å². The van der Waals surface area contributed by atoms with Crippen LogP contribution < -0.4 is 0 Å². The third-order valence-corrected chi connectivity index (χ3v) is 4.26. The van der Waals surface area contributed by atoms with Crippen LogP contribution in [0.15, 0.2) is 72.8 Å². The quantitative estimate of drug-likeness (QED) is 0.419. The second kappa shape index (κ2) is 8.24. The number of carboxylic acids is 1. The zero-order chi connectivity index (χ0) is 19.7. The summed E-state index contributed by atoms with van der Waals surface area (Å²) in [4.78, 5) is 15.6. The van der Waals surface area contributed by atoms with Gasteiger partial charge >= 0.3 is 25.4 Å². The van der Waals surface area contributed by atoms with Gasteiger partial charge in [-0.2, -0.15) is 0 Å². The van der Waals surface area contributed by atoms with E-state index in [9.17, 15) is 15.0 Å². The SMILES string of the molecule is O=C(O)c1ccc(-n2nc(-c3ccccc3O)nc2-c2ccccc2O)cc1.[Zn+2]. The van der Waals surface area contributed by atoms with Crippen LogP contribution in [-0.4, -0.2) is 36.1 Å². The standard InChI is InChI=1S/C21H15N3O4.Zn/c25-17-7-3-1-5-15(17)19-22-20(16-6-2-4-8-18(16)26)24(23-19)14-11-9-13(10-12-14)21(27)28;/h1-12,25-26H,(H,27,28);/q;+2. The Morgan fingerprint density at radius 2 is 1.34 bits per heavy atom. The maximum absolute atomic E-state index is 11.1. The van der Waals surface area contributed by atoms with E-state index in [0.29, 0.717) is 22.6 Å². The summed E-state index contributed by atoms with van der Waals surface area (Å²) >= 11 is 0. The zero-order valence-corrected chi connectivity index (χ0v) is 18.2. The van der Waals surface area contributed by atoms with Gasteiger partial charge in [-0.3, -0.25) is 0 Å². The minimum absolute atomic E-state index is 0. The van der Waals surface area contributed by atoms with Crippen LogP contribution in [0, 0.1) is 0 Å². The molecule has 0 saturated carbocycles. The van der Waals surface area contributed by atoms with Crippen LogP contribution in [0.3, 0.4) is 0 Å². The van der Waals surface area contributed by atoms with E-state index in [0.717, 1.165) is 0 Å². The van der Waals surface area contributed by atoms with Gasteiger partial charge in [0.25, 0.3) is 0 Å². The number of nitrogens with zero attached hydrogens (tertiary/aromatic N) is 3. The van der Waals surface area contributed by atoms with E-state index < -0.39 is 5.97 Å². The summed E-state index contributed by atoms with van der Waals surface area (Å²) in [5.74, 6) is -0.328. The first-order valence-corrected chi connectivity index (χ1v) is 8.42. The molecule has 0 aliphatic carbocycles. The Labute approximate surface area is 178 Å². The number of hydrogen-bond acceptors (Lipinski definition) is 5. The fourth-order valence-electron chi connectivity index (χ4n) is 2.85. The molecule has 4 aromatic rings. The molecule has 0 amide bonds. The molecule has 3 aromatic carbocycles. The summed E-state index contributed by atoms with van der Waals surface area (Å²) in [7, 11) is 0. The van der Waals surface area contributed by atoms with Gasteiger partial charge in [0.2, 0.25) is 0 Å². The number of carbonyl (C=O) groups is 1. The predicted molar refractivity (Wildman–Crippen MR) is 103 cm³/mol. The molecule has 0 aliphatic heterocycles. The van der Waals surface area contributed by atoms with Crippen LogP contribution >= 0.6 is 0 Å². The van der Waals surface area contributed by atoms with Gasteiger partial charge in [0.05, 0.1) is 22.4 Å². The molecule has 8 heteroatoms. The molecule has 138 valence electrons. The van der Waals surface area contributed by atoms with Crippen molar-refractivity contribution >= 4 is 5.97 Å². The molecular formula is C21H15N3O4Zn+2. The van der Waals surface area contributed by atoms with Crippen molar-refractivity contribution in [3.05, 3.63) is 78.4 Å². The molecule has 1 aromatic heterocycles. The average Bonchev–Trinajstić information content (AvgIpc) is 3.13. The number of aromatic nitrogens is 3. The van der Waals surface area contributed by atoms with E-state index in [1.54, 1.807) is 54.6 Å². The molecule has 4 rings (SSSR count). The molecule has 0 saturated heterocycles. The summed E-state index contributed by atoms with van der Waals surface area (Å²) in [6.07, 6.45) is 0. The van der Waals surface area contributed by atoms with E-state index in [2.05, 4.69) is 10.1 Å². The van der Waals surface area contributed by atoms with E-state index in [1.807, 2.05) is 0 Å². The topological polar surface area (TPSA) is 108 Å². The van der Waals surface area contributed by atoms with E-state index >= 15 is 0 Å². The number of aromatic hydroxyl groups is 2. The molecule has 0 atom stereocenters. The van der Waals surface area contributed by atoms with Crippen LogP contribution in [0.2, 0.25) is 0 Å². The van der Waals surface area contributed by atoms with Gasteiger partial charge in [-0.25, -0.2) is 14.5 Å². The minimum atomic E-state index is -1.03. The van der Waals surface area contributed by atoms with E-state index in [-0.39, 0.29) is 42.4 Å². The molecule has 1 heterocycles. The Morgan fingerprint density at radius 1 is 0.793 bits per heavy atom. The van der Waals surface area contributed by atoms with E-state index in [4.69, 9.17) is 5.11 Å². The van der Waals surface area contributed by atoms with Gasteiger partial charge in [0, 0.05) is 0 Å². The van der Waals surface area contributed by atoms with Crippen molar-refractivity contribution in [1.82, 2.24) is 14.8 Å². The summed E-state index contributed by atoms with van der Waals surface area (Å²) in [5, 5.41) is 34.0. The molecule has 3 N–H and O–H groups in total. The summed E-state index contributed by atoms with van der Waals surface area (Å²) < 4.78 is 1.50. The van der Waals surface area contributed by atoms with Gasteiger partial charge < -0.3 is 15.3 Å². The Kier molecular flexibility index (Phi) is 5.75. The van der Waals surface area contributed by atoms with Crippen molar-refractivity contribution < 1.29 is 39.6 Å². The molecule has 7 nitrogen and oxygen atoms in total. The first-order chi connectivity index (χ1) is 13.5.